The van der Waals surface area contributed by atoms with Gasteiger partial charge in [0, 0.05) is 31.9 Å². The summed E-state index contributed by atoms with van der Waals surface area (Å²) in [6.45, 7) is 9.10. The molecule has 1 saturated heterocycles. The SMILES string of the molecule is C[C@@H]1CN(c2ccc(CN[C@@H](C)CCCCN(C)C)cn2)CCO1. The van der Waals surface area contributed by atoms with Gasteiger partial charge in [-0.25, -0.2) is 4.98 Å². The van der Waals surface area contributed by atoms with Crippen molar-refractivity contribution in [2.75, 3.05) is 45.2 Å². The molecule has 2 heterocycles. The summed E-state index contributed by atoms with van der Waals surface area (Å²) in [5, 5.41) is 3.61. The highest BCUT2D eigenvalue weighted by atomic mass is 16.5. The first kappa shape index (κ1) is 19.2. The van der Waals surface area contributed by atoms with Gasteiger partial charge in [-0.3, -0.25) is 0 Å². The lowest BCUT2D eigenvalue weighted by atomic mass is 10.1. The van der Waals surface area contributed by atoms with Crippen LogP contribution < -0.4 is 10.2 Å². The van der Waals surface area contributed by atoms with Gasteiger partial charge in [-0.2, -0.15) is 0 Å². The largest absolute Gasteiger partial charge is 0.375 e. The molecule has 2 rings (SSSR count). The van der Waals surface area contributed by atoms with Gasteiger partial charge in [0.15, 0.2) is 0 Å². The summed E-state index contributed by atoms with van der Waals surface area (Å²) in [6.07, 6.45) is 6.06. The molecule has 5 nitrogen and oxygen atoms in total. The highest BCUT2D eigenvalue weighted by Crippen LogP contribution is 2.15. The van der Waals surface area contributed by atoms with Crippen molar-refractivity contribution in [1.29, 1.82) is 0 Å². The number of morpholine rings is 1. The lowest BCUT2D eigenvalue weighted by molar-refractivity contribution is 0.0529. The summed E-state index contributed by atoms with van der Waals surface area (Å²) >= 11 is 0. The van der Waals surface area contributed by atoms with E-state index in [-0.39, 0.29) is 6.10 Å². The van der Waals surface area contributed by atoms with Gasteiger partial charge in [0.25, 0.3) is 0 Å². The Balaban J connectivity index is 1.69. The van der Waals surface area contributed by atoms with Crippen LogP contribution >= 0.6 is 0 Å². The van der Waals surface area contributed by atoms with Crippen molar-refractivity contribution >= 4 is 5.82 Å². The molecular formula is C19H34N4O. The molecule has 0 amide bonds. The zero-order valence-corrected chi connectivity index (χ0v) is 15.8. The summed E-state index contributed by atoms with van der Waals surface area (Å²) in [4.78, 5) is 9.19. The molecule has 1 aromatic rings. The number of pyridine rings is 1. The van der Waals surface area contributed by atoms with Crippen molar-refractivity contribution in [2.45, 2.75) is 51.8 Å². The Kier molecular flexibility index (Phi) is 7.95. The highest BCUT2D eigenvalue weighted by molar-refractivity contribution is 5.39. The molecule has 1 N–H and O–H groups in total. The molecule has 0 spiro atoms. The summed E-state index contributed by atoms with van der Waals surface area (Å²) in [7, 11) is 4.27. The standard InChI is InChI=1S/C19H34N4O/c1-16(7-5-6-10-22(3)4)20-13-18-8-9-19(21-14-18)23-11-12-24-17(2)15-23/h8-9,14,16-17,20H,5-7,10-13,15H2,1-4H3/t16-,17+/m0/s1. The number of nitrogens with zero attached hydrogens (tertiary/aromatic N) is 3. The lowest BCUT2D eigenvalue weighted by Crippen LogP contribution is -2.41. The van der Waals surface area contributed by atoms with Crippen LogP contribution in [0.5, 0.6) is 0 Å². The number of hydrogen-bond donors (Lipinski definition) is 1. The van der Waals surface area contributed by atoms with Crippen molar-refractivity contribution in [3.63, 3.8) is 0 Å². The molecule has 0 saturated carbocycles. The molecule has 0 aliphatic carbocycles. The molecule has 0 bridgehead atoms. The molecule has 2 atom stereocenters. The first-order chi connectivity index (χ1) is 11.5. The zero-order valence-electron chi connectivity index (χ0n) is 15.8. The summed E-state index contributed by atoms with van der Waals surface area (Å²) in [6, 6.07) is 4.87. The van der Waals surface area contributed by atoms with Crippen LogP contribution in [0.3, 0.4) is 0 Å². The molecule has 24 heavy (non-hydrogen) atoms. The Morgan fingerprint density at radius 3 is 2.88 bits per heavy atom. The molecule has 1 aromatic heterocycles. The Bertz CT molecular complexity index is 463. The molecule has 0 aromatic carbocycles. The number of unbranched alkanes of at least 4 members (excludes halogenated alkanes) is 1. The second-order valence-corrected chi connectivity index (χ2v) is 7.23. The Labute approximate surface area is 147 Å². The van der Waals surface area contributed by atoms with Gasteiger partial charge in [0.1, 0.15) is 5.82 Å². The lowest BCUT2D eigenvalue weighted by Gasteiger charge is -2.32. The van der Waals surface area contributed by atoms with Crippen LogP contribution in [-0.2, 0) is 11.3 Å². The molecule has 136 valence electrons. The molecule has 0 radical (unpaired) electrons. The van der Waals surface area contributed by atoms with Gasteiger partial charge in [-0.1, -0.05) is 12.5 Å². The minimum Gasteiger partial charge on any atom is -0.375 e. The number of nitrogens with one attached hydrogen (secondary N) is 1. The fraction of sp³-hybridized carbons (Fsp3) is 0.737. The summed E-state index contributed by atoms with van der Waals surface area (Å²) < 4.78 is 5.59. The minimum absolute atomic E-state index is 0.287. The van der Waals surface area contributed by atoms with Crippen molar-refractivity contribution in [3.8, 4) is 0 Å². The van der Waals surface area contributed by atoms with Crippen molar-refractivity contribution in [2.24, 2.45) is 0 Å². The summed E-state index contributed by atoms with van der Waals surface area (Å²) in [5.74, 6) is 1.06. The fourth-order valence-electron chi connectivity index (χ4n) is 3.01. The van der Waals surface area contributed by atoms with E-state index in [9.17, 15) is 0 Å². The number of ether oxygens (including phenoxy) is 1. The maximum absolute atomic E-state index is 5.59. The van der Waals surface area contributed by atoms with Gasteiger partial charge in [0.2, 0.25) is 0 Å². The van der Waals surface area contributed by atoms with Crippen molar-refractivity contribution in [3.05, 3.63) is 23.9 Å². The first-order valence-electron chi connectivity index (χ1n) is 9.24. The summed E-state index contributed by atoms with van der Waals surface area (Å²) in [5.41, 5.74) is 1.25. The number of rotatable bonds is 9. The second-order valence-electron chi connectivity index (χ2n) is 7.23. The predicted octanol–water partition coefficient (Wildman–Crippen LogP) is 2.52. The zero-order chi connectivity index (χ0) is 17.4. The van der Waals surface area contributed by atoms with E-state index in [0.29, 0.717) is 6.04 Å². The molecule has 0 unspecified atom stereocenters. The van der Waals surface area contributed by atoms with E-state index >= 15 is 0 Å². The van der Waals surface area contributed by atoms with Crippen LogP contribution in [0.4, 0.5) is 5.82 Å². The van der Waals surface area contributed by atoms with Crippen LogP contribution in [0, 0.1) is 0 Å². The van der Waals surface area contributed by atoms with Gasteiger partial charge < -0.3 is 19.9 Å². The monoisotopic (exact) mass is 334 g/mol. The second kappa shape index (κ2) is 9.97. The van der Waals surface area contributed by atoms with Gasteiger partial charge >= 0.3 is 0 Å². The number of anilines is 1. The predicted molar refractivity (Wildman–Crippen MR) is 101 cm³/mol. The third kappa shape index (κ3) is 6.75. The first-order valence-corrected chi connectivity index (χ1v) is 9.24. The third-order valence-electron chi connectivity index (χ3n) is 4.52. The quantitative estimate of drug-likeness (QED) is 0.703. The molecule has 5 heteroatoms. The normalized spacial score (nSPS) is 19.7. The molecular weight excluding hydrogens is 300 g/mol. The van der Waals surface area contributed by atoms with Gasteiger partial charge in [-0.15, -0.1) is 0 Å². The maximum atomic E-state index is 5.59. The van der Waals surface area contributed by atoms with Crippen molar-refractivity contribution in [1.82, 2.24) is 15.2 Å². The van der Waals surface area contributed by atoms with Gasteiger partial charge in [0.05, 0.1) is 12.7 Å². The Hall–Kier alpha value is -1.17. The topological polar surface area (TPSA) is 40.6 Å². The average molecular weight is 335 g/mol. The Morgan fingerprint density at radius 1 is 1.38 bits per heavy atom. The average Bonchev–Trinajstić information content (AvgIpc) is 2.57. The Morgan fingerprint density at radius 2 is 2.21 bits per heavy atom. The highest BCUT2D eigenvalue weighted by Gasteiger charge is 2.17. The van der Waals surface area contributed by atoms with E-state index in [1.807, 2.05) is 6.20 Å². The van der Waals surface area contributed by atoms with Gasteiger partial charge in [-0.05, 0) is 59.0 Å². The van der Waals surface area contributed by atoms with E-state index in [1.165, 1.54) is 31.4 Å². The maximum Gasteiger partial charge on any atom is 0.128 e. The van der Waals surface area contributed by atoms with Crippen molar-refractivity contribution < 1.29 is 4.74 Å². The van der Waals surface area contributed by atoms with Crippen LogP contribution in [-0.4, -0.2) is 62.4 Å². The van der Waals surface area contributed by atoms with E-state index < -0.39 is 0 Å². The van der Waals surface area contributed by atoms with E-state index in [2.05, 4.69) is 60.2 Å². The fourth-order valence-corrected chi connectivity index (χ4v) is 3.01. The van der Waals surface area contributed by atoms with E-state index in [0.717, 1.165) is 32.1 Å². The van der Waals surface area contributed by atoms with E-state index in [1.54, 1.807) is 0 Å². The smallest absolute Gasteiger partial charge is 0.128 e. The van der Waals surface area contributed by atoms with E-state index in [4.69, 9.17) is 4.74 Å². The van der Waals surface area contributed by atoms with Crippen LogP contribution in [0.1, 0.15) is 38.7 Å². The number of aromatic nitrogens is 1. The van der Waals surface area contributed by atoms with Crippen LogP contribution in [0.2, 0.25) is 0 Å². The van der Waals surface area contributed by atoms with Crippen LogP contribution in [0.15, 0.2) is 18.3 Å². The molecule has 1 aliphatic rings. The molecule has 1 fully saturated rings. The minimum atomic E-state index is 0.287. The molecule has 1 aliphatic heterocycles. The number of hydrogen-bond acceptors (Lipinski definition) is 5. The third-order valence-corrected chi connectivity index (χ3v) is 4.52. The van der Waals surface area contributed by atoms with Crippen LogP contribution in [0.25, 0.3) is 0 Å².